The Balaban J connectivity index is 1.54. The standard InChI is InChI=1S/C26H22N4O3/c1-16(17-6-4-3-5-7-17)28-25(31)18-8-13-23-21(14-18)24-22(15-27-23)26(32)30(29-24)19-9-11-20(33-2)12-10-19/h3-16,29H,1-2H3,(H,28,31)/t16-/m1/s1. The fourth-order valence-corrected chi connectivity index (χ4v) is 3.92. The van der Waals surface area contributed by atoms with Gasteiger partial charge in [-0.15, -0.1) is 0 Å². The fourth-order valence-electron chi connectivity index (χ4n) is 3.92. The molecule has 7 heteroatoms. The maximum Gasteiger partial charge on any atom is 0.280 e. The van der Waals surface area contributed by atoms with Crippen molar-refractivity contribution in [2.45, 2.75) is 13.0 Å². The van der Waals surface area contributed by atoms with Gasteiger partial charge in [0.2, 0.25) is 0 Å². The summed E-state index contributed by atoms with van der Waals surface area (Å²) in [5.41, 5.74) is 3.31. The summed E-state index contributed by atoms with van der Waals surface area (Å²) >= 11 is 0. The number of ether oxygens (including phenoxy) is 1. The van der Waals surface area contributed by atoms with Gasteiger partial charge in [-0.25, -0.2) is 4.68 Å². The molecule has 0 aliphatic rings. The van der Waals surface area contributed by atoms with E-state index in [1.165, 1.54) is 4.68 Å². The first-order valence-electron chi connectivity index (χ1n) is 10.6. The van der Waals surface area contributed by atoms with Gasteiger partial charge < -0.3 is 10.1 Å². The summed E-state index contributed by atoms with van der Waals surface area (Å²) in [5, 5.41) is 7.37. The molecule has 0 saturated heterocycles. The lowest BCUT2D eigenvalue weighted by atomic mass is 10.1. The van der Waals surface area contributed by atoms with E-state index in [-0.39, 0.29) is 17.5 Å². The van der Waals surface area contributed by atoms with Crippen LogP contribution in [0.15, 0.2) is 83.8 Å². The summed E-state index contributed by atoms with van der Waals surface area (Å²) in [7, 11) is 1.59. The number of carbonyl (C=O) groups excluding carboxylic acids is 1. The van der Waals surface area contributed by atoms with E-state index in [0.717, 1.165) is 5.56 Å². The average molecular weight is 438 g/mol. The van der Waals surface area contributed by atoms with Gasteiger partial charge in [-0.05, 0) is 55.0 Å². The Morgan fingerprint density at radius 2 is 1.79 bits per heavy atom. The highest BCUT2D eigenvalue weighted by atomic mass is 16.5. The van der Waals surface area contributed by atoms with Crippen LogP contribution in [0, 0.1) is 0 Å². The number of aromatic amines is 1. The van der Waals surface area contributed by atoms with E-state index in [1.807, 2.05) is 37.3 Å². The molecule has 0 unspecified atom stereocenters. The van der Waals surface area contributed by atoms with Crippen molar-refractivity contribution >= 4 is 27.7 Å². The van der Waals surface area contributed by atoms with Crippen LogP contribution in [0.3, 0.4) is 0 Å². The Kier molecular flexibility index (Phi) is 5.14. The van der Waals surface area contributed by atoms with Crippen LogP contribution in [-0.4, -0.2) is 27.8 Å². The molecule has 164 valence electrons. The van der Waals surface area contributed by atoms with E-state index in [2.05, 4.69) is 15.4 Å². The van der Waals surface area contributed by atoms with Crippen molar-refractivity contribution in [1.29, 1.82) is 0 Å². The van der Waals surface area contributed by atoms with Crippen molar-refractivity contribution < 1.29 is 9.53 Å². The highest BCUT2D eigenvalue weighted by molar-refractivity contribution is 6.06. The van der Waals surface area contributed by atoms with Crippen molar-refractivity contribution in [1.82, 2.24) is 20.1 Å². The van der Waals surface area contributed by atoms with Crippen LogP contribution in [0.25, 0.3) is 27.5 Å². The number of methoxy groups -OCH3 is 1. The monoisotopic (exact) mass is 438 g/mol. The molecule has 1 atom stereocenters. The number of fused-ring (bicyclic) bond motifs is 3. The minimum atomic E-state index is -0.211. The molecular weight excluding hydrogens is 416 g/mol. The number of hydrogen-bond acceptors (Lipinski definition) is 4. The lowest BCUT2D eigenvalue weighted by Crippen LogP contribution is -2.26. The third-order valence-electron chi connectivity index (χ3n) is 5.77. The molecule has 3 aromatic carbocycles. The van der Waals surface area contributed by atoms with Crippen LogP contribution in [0.1, 0.15) is 28.9 Å². The smallest absolute Gasteiger partial charge is 0.280 e. The first-order valence-corrected chi connectivity index (χ1v) is 10.6. The van der Waals surface area contributed by atoms with Gasteiger partial charge >= 0.3 is 0 Å². The predicted octanol–water partition coefficient (Wildman–Crippen LogP) is 4.37. The number of rotatable bonds is 5. The summed E-state index contributed by atoms with van der Waals surface area (Å²) in [5.74, 6) is 0.512. The first kappa shape index (κ1) is 20.5. The number of nitrogens with zero attached hydrogens (tertiary/aromatic N) is 2. The number of benzene rings is 3. The zero-order valence-electron chi connectivity index (χ0n) is 18.2. The Morgan fingerprint density at radius 1 is 1.03 bits per heavy atom. The minimum Gasteiger partial charge on any atom is -0.497 e. The summed E-state index contributed by atoms with van der Waals surface area (Å²) < 4.78 is 6.67. The Bertz CT molecular complexity index is 1520. The maximum atomic E-state index is 13.0. The van der Waals surface area contributed by atoms with Crippen molar-refractivity contribution in [2.75, 3.05) is 7.11 Å². The molecule has 0 radical (unpaired) electrons. The van der Waals surface area contributed by atoms with Crippen LogP contribution in [-0.2, 0) is 0 Å². The van der Waals surface area contributed by atoms with E-state index in [9.17, 15) is 9.59 Å². The van der Waals surface area contributed by atoms with E-state index in [0.29, 0.717) is 38.8 Å². The molecule has 2 aromatic heterocycles. The molecule has 0 aliphatic carbocycles. The molecular formula is C26H22N4O3. The number of hydrogen-bond donors (Lipinski definition) is 2. The third kappa shape index (κ3) is 3.74. The van der Waals surface area contributed by atoms with Crippen LogP contribution in [0.4, 0.5) is 0 Å². The molecule has 2 N–H and O–H groups in total. The zero-order chi connectivity index (χ0) is 22.9. The molecule has 33 heavy (non-hydrogen) atoms. The molecule has 0 bridgehead atoms. The maximum absolute atomic E-state index is 13.0. The van der Waals surface area contributed by atoms with Crippen molar-refractivity contribution in [2.24, 2.45) is 0 Å². The van der Waals surface area contributed by atoms with Crippen molar-refractivity contribution in [3.05, 3.63) is 100 Å². The van der Waals surface area contributed by atoms with Gasteiger partial charge in [0.15, 0.2) is 0 Å². The predicted molar refractivity (Wildman–Crippen MR) is 128 cm³/mol. The highest BCUT2D eigenvalue weighted by Gasteiger charge is 2.16. The van der Waals surface area contributed by atoms with Crippen LogP contribution < -0.4 is 15.6 Å². The Morgan fingerprint density at radius 3 is 2.52 bits per heavy atom. The second-order valence-electron chi connectivity index (χ2n) is 7.84. The zero-order valence-corrected chi connectivity index (χ0v) is 18.2. The van der Waals surface area contributed by atoms with E-state index in [1.54, 1.807) is 55.8 Å². The van der Waals surface area contributed by atoms with Crippen LogP contribution in [0.2, 0.25) is 0 Å². The second kappa shape index (κ2) is 8.27. The van der Waals surface area contributed by atoms with Gasteiger partial charge in [-0.1, -0.05) is 30.3 Å². The van der Waals surface area contributed by atoms with Gasteiger partial charge in [-0.2, -0.15) is 0 Å². The number of aromatic nitrogens is 3. The van der Waals surface area contributed by atoms with E-state index >= 15 is 0 Å². The minimum absolute atomic E-state index is 0.140. The molecule has 2 heterocycles. The topological polar surface area (TPSA) is 89.0 Å². The molecule has 7 nitrogen and oxygen atoms in total. The van der Waals surface area contributed by atoms with Gasteiger partial charge in [0, 0.05) is 17.1 Å². The number of pyridine rings is 1. The van der Waals surface area contributed by atoms with Gasteiger partial charge in [0.05, 0.1) is 35.3 Å². The second-order valence-corrected chi connectivity index (χ2v) is 7.84. The molecule has 5 aromatic rings. The Labute approximate surface area is 189 Å². The summed E-state index contributed by atoms with van der Waals surface area (Å²) in [4.78, 5) is 30.4. The van der Waals surface area contributed by atoms with Crippen molar-refractivity contribution in [3.63, 3.8) is 0 Å². The largest absolute Gasteiger partial charge is 0.497 e. The van der Waals surface area contributed by atoms with Gasteiger partial charge in [0.1, 0.15) is 5.75 Å². The number of carbonyl (C=O) groups is 1. The average Bonchev–Trinajstić information content (AvgIpc) is 3.21. The van der Waals surface area contributed by atoms with Crippen LogP contribution >= 0.6 is 0 Å². The molecule has 0 saturated carbocycles. The summed E-state index contributed by atoms with van der Waals surface area (Å²) in [6.07, 6.45) is 1.56. The van der Waals surface area contributed by atoms with Crippen LogP contribution in [0.5, 0.6) is 5.75 Å². The van der Waals surface area contributed by atoms with E-state index in [4.69, 9.17) is 4.74 Å². The molecule has 0 spiro atoms. The lowest BCUT2D eigenvalue weighted by Gasteiger charge is -2.14. The normalized spacial score (nSPS) is 12.1. The van der Waals surface area contributed by atoms with E-state index < -0.39 is 0 Å². The molecule has 0 aliphatic heterocycles. The molecule has 1 amide bonds. The van der Waals surface area contributed by atoms with Crippen molar-refractivity contribution in [3.8, 4) is 11.4 Å². The number of H-pyrrole nitrogens is 1. The summed E-state index contributed by atoms with van der Waals surface area (Å²) in [6.45, 7) is 1.94. The fraction of sp³-hybridized carbons (Fsp3) is 0.115. The first-order chi connectivity index (χ1) is 16.0. The quantitative estimate of drug-likeness (QED) is 0.427. The van der Waals surface area contributed by atoms with Gasteiger partial charge in [-0.3, -0.25) is 19.7 Å². The number of amides is 1. The SMILES string of the molecule is COc1ccc(-n2[nH]c3c(cnc4ccc(C(=O)N[C@H](C)c5ccccc5)cc43)c2=O)cc1. The number of nitrogens with one attached hydrogen (secondary N) is 2. The Hall–Kier alpha value is -4.39. The lowest BCUT2D eigenvalue weighted by molar-refractivity contribution is 0.0940. The third-order valence-corrected chi connectivity index (χ3v) is 5.77. The molecule has 5 rings (SSSR count). The molecule has 0 fully saturated rings. The van der Waals surface area contributed by atoms with Gasteiger partial charge in [0.25, 0.3) is 11.5 Å². The highest BCUT2D eigenvalue weighted by Crippen LogP contribution is 2.23. The summed E-state index contributed by atoms with van der Waals surface area (Å²) in [6, 6.07) is 22.1.